The van der Waals surface area contributed by atoms with Crippen LogP contribution >= 0.6 is 15.9 Å². The third kappa shape index (κ3) is 3.62. The van der Waals surface area contributed by atoms with Crippen molar-refractivity contribution in [2.24, 2.45) is 10.1 Å². The zero-order valence-corrected chi connectivity index (χ0v) is 17.9. The van der Waals surface area contributed by atoms with Crippen molar-refractivity contribution in [3.05, 3.63) is 58.1 Å². The van der Waals surface area contributed by atoms with Gasteiger partial charge in [-0.1, -0.05) is 45.4 Å². The largest absolute Gasteiger partial charge is 0.494 e. The standard InChI is InChI=1S/C22H22BrN5O2/c23-14-5-6-15-18(13-14)26-22(29)19(15)21-20(16-3-1-2-4-17(16)25-21)27-30-12-11-28-9-7-24-8-10-28/h1-6,13,24,26,29H,7-12H2/b27-20+. The van der Waals surface area contributed by atoms with Crippen LogP contribution in [-0.2, 0) is 4.84 Å². The number of para-hydroxylation sites is 1. The fourth-order valence-electron chi connectivity index (χ4n) is 3.95. The van der Waals surface area contributed by atoms with Gasteiger partial charge in [0.15, 0.2) is 5.88 Å². The Morgan fingerprint density at radius 1 is 1.17 bits per heavy atom. The quantitative estimate of drug-likeness (QED) is 0.396. The van der Waals surface area contributed by atoms with Gasteiger partial charge in [0.1, 0.15) is 18.0 Å². The highest BCUT2D eigenvalue weighted by atomic mass is 79.9. The average Bonchev–Trinajstić information content (AvgIpc) is 3.27. The number of nitrogens with zero attached hydrogens (tertiary/aromatic N) is 3. The first-order chi connectivity index (χ1) is 14.7. The fraction of sp³-hybridized carbons (Fsp3) is 0.273. The van der Waals surface area contributed by atoms with Crippen molar-refractivity contribution in [2.75, 3.05) is 39.3 Å². The minimum Gasteiger partial charge on any atom is -0.494 e. The lowest BCUT2D eigenvalue weighted by molar-refractivity contribution is 0.106. The minimum atomic E-state index is 0.0724. The summed E-state index contributed by atoms with van der Waals surface area (Å²) in [4.78, 5) is 15.9. The maximum atomic E-state index is 10.7. The molecule has 8 heteroatoms. The molecule has 0 atom stereocenters. The number of piperazine rings is 1. The van der Waals surface area contributed by atoms with Crippen molar-refractivity contribution in [3.63, 3.8) is 0 Å². The highest BCUT2D eigenvalue weighted by molar-refractivity contribution is 9.10. The summed E-state index contributed by atoms with van der Waals surface area (Å²) >= 11 is 3.48. The molecule has 154 valence electrons. The number of nitrogens with one attached hydrogen (secondary N) is 2. The smallest absolute Gasteiger partial charge is 0.199 e. The highest BCUT2D eigenvalue weighted by Crippen LogP contribution is 2.36. The van der Waals surface area contributed by atoms with Gasteiger partial charge in [-0.15, -0.1) is 0 Å². The number of hydrogen-bond acceptors (Lipinski definition) is 6. The van der Waals surface area contributed by atoms with Gasteiger partial charge in [0.2, 0.25) is 0 Å². The third-order valence-electron chi connectivity index (χ3n) is 5.46. The Balaban J connectivity index is 1.46. The predicted octanol–water partition coefficient (Wildman–Crippen LogP) is 3.40. The van der Waals surface area contributed by atoms with E-state index in [-0.39, 0.29) is 5.88 Å². The number of benzene rings is 2. The van der Waals surface area contributed by atoms with Crippen LogP contribution in [0.4, 0.5) is 5.69 Å². The molecule has 3 N–H and O–H groups in total. The Bertz CT molecular complexity index is 1150. The van der Waals surface area contributed by atoms with E-state index in [1.807, 2.05) is 42.5 Å². The van der Waals surface area contributed by atoms with Gasteiger partial charge in [-0.25, -0.2) is 4.99 Å². The molecule has 2 aliphatic rings. The van der Waals surface area contributed by atoms with Crippen molar-refractivity contribution >= 4 is 43.9 Å². The molecule has 0 unspecified atom stereocenters. The lowest BCUT2D eigenvalue weighted by Crippen LogP contribution is -2.44. The minimum absolute atomic E-state index is 0.0724. The van der Waals surface area contributed by atoms with E-state index in [1.165, 1.54) is 0 Å². The number of aromatic hydroxyl groups is 1. The fourth-order valence-corrected chi connectivity index (χ4v) is 4.31. The van der Waals surface area contributed by atoms with Crippen LogP contribution in [0.5, 0.6) is 5.88 Å². The Kier molecular flexibility index (Phi) is 5.28. The SMILES string of the molecule is Oc1[nH]c2cc(Br)ccc2c1C1=Nc2ccccc2/C1=N\OCCN1CCNCC1. The van der Waals surface area contributed by atoms with Crippen LogP contribution < -0.4 is 5.32 Å². The van der Waals surface area contributed by atoms with Crippen LogP contribution in [0.15, 0.2) is 57.1 Å². The summed E-state index contributed by atoms with van der Waals surface area (Å²) in [5, 5.41) is 19.4. The third-order valence-corrected chi connectivity index (χ3v) is 5.95. The molecule has 0 spiro atoms. The van der Waals surface area contributed by atoms with Crippen LogP contribution in [-0.4, -0.2) is 65.7 Å². The molecule has 1 saturated heterocycles. The molecule has 2 aliphatic heterocycles. The Labute approximate surface area is 182 Å². The molecular weight excluding hydrogens is 446 g/mol. The Morgan fingerprint density at radius 2 is 2.00 bits per heavy atom. The number of H-pyrrole nitrogens is 1. The number of rotatable bonds is 5. The molecule has 0 aliphatic carbocycles. The van der Waals surface area contributed by atoms with E-state index >= 15 is 0 Å². The molecular formula is C22H22BrN5O2. The molecule has 2 aromatic carbocycles. The van der Waals surface area contributed by atoms with Gasteiger partial charge >= 0.3 is 0 Å². The second-order valence-electron chi connectivity index (χ2n) is 7.38. The monoisotopic (exact) mass is 467 g/mol. The maximum Gasteiger partial charge on any atom is 0.199 e. The molecule has 1 aromatic heterocycles. The van der Waals surface area contributed by atoms with Crippen molar-refractivity contribution in [2.45, 2.75) is 0 Å². The lowest BCUT2D eigenvalue weighted by Gasteiger charge is -2.26. The van der Waals surface area contributed by atoms with Gasteiger partial charge in [0.25, 0.3) is 0 Å². The van der Waals surface area contributed by atoms with Gasteiger partial charge in [0, 0.05) is 48.1 Å². The van der Waals surface area contributed by atoms with Gasteiger partial charge in [-0.2, -0.15) is 0 Å². The zero-order chi connectivity index (χ0) is 20.5. The van der Waals surface area contributed by atoms with Crippen molar-refractivity contribution < 1.29 is 9.94 Å². The van der Waals surface area contributed by atoms with Crippen LogP contribution in [0.1, 0.15) is 11.1 Å². The van der Waals surface area contributed by atoms with Crippen LogP contribution in [0.25, 0.3) is 10.9 Å². The second kappa shape index (κ2) is 8.22. The van der Waals surface area contributed by atoms with E-state index in [4.69, 9.17) is 9.83 Å². The normalized spacial score (nSPS) is 18.0. The molecule has 0 radical (unpaired) electrons. The summed E-state index contributed by atoms with van der Waals surface area (Å²) in [6.07, 6.45) is 0. The van der Waals surface area contributed by atoms with Crippen LogP contribution in [0, 0.1) is 0 Å². The number of hydrogen-bond donors (Lipinski definition) is 3. The first-order valence-electron chi connectivity index (χ1n) is 10.0. The van der Waals surface area contributed by atoms with E-state index in [1.54, 1.807) is 0 Å². The number of aliphatic imine (C=N–C) groups is 1. The van der Waals surface area contributed by atoms with E-state index in [0.29, 0.717) is 23.6 Å². The van der Waals surface area contributed by atoms with Gasteiger partial charge in [-0.05, 0) is 18.2 Å². The summed E-state index contributed by atoms with van der Waals surface area (Å²) in [6.45, 7) is 5.40. The Hall–Kier alpha value is -2.68. The summed E-state index contributed by atoms with van der Waals surface area (Å²) < 4.78 is 0.935. The summed E-state index contributed by atoms with van der Waals surface area (Å²) in [5.74, 6) is 0.0724. The predicted molar refractivity (Wildman–Crippen MR) is 122 cm³/mol. The second-order valence-corrected chi connectivity index (χ2v) is 8.30. The topological polar surface area (TPSA) is 85.2 Å². The van der Waals surface area contributed by atoms with Crippen molar-refractivity contribution in [1.29, 1.82) is 0 Å². The number of fused-ring (bicyclic) bond motifs is 2. The summed E-state index contributed by atoms with van der Waals surface area (Å²) in [5.41, 5.74) is 4.45. The number of oxime groups is 1. The first kappa shape index (κ1) is 19.3. The van der Waals surface area contributed by atoms with Gasteiger partial charge in [0.05, 0.1) is 16.8 Å². The number of aromatic nitrogens is 1. The van der Waals surface area contributed by atoms with Crippen LogP contribution in [0.2, 0.25) is 0 Å². The lowest BCUT2D eigenvalue weighted by atomic mass is 10.0. The first-order valence-corrected chi connectivity index (χ1v) is 10.8. The van der Waals surface area contributed by atoms with E-state index < -0.39 is 0 Å². The summed E-state index contributed by atoms with van der Waals surface area (Å²) in [6, 6.07) is 13.7. The molecule has 30 heavy (non-hydrogen) atoms. The van der Waals surface area contributed by atoms with Crippen molar-refractivity contribution in [3.8, 4) is 5.88 Å². The van der Waals surface area contributed by atoms with Gasteiger partial charge < -0.3 is 20.2 Å². The molecule has 0 bridgehead atoms. The highest BCUT2D eigenvalue weighted by Gasteiger charge is 2.29. The van der Waals surface area contributed by atoms with Crippen LogP contribution in [0.3, 0.4) is 0 Å². The van der Waals surface area contributed by atoms with E-state index in [2.05, 4.69) is 36.3 Å². The molecule has 3 aromatic rings. The molecule has 3 heterocycles. The van der Waals surface area contributed by atoms with E-state index in [9.17, 15) is 5.11 Å². The molecule has 1 fully saturated rings. The Morgan fingerprint density at radius 3 is 2.87 bits per heavy atom. The average molecular weight is 468 g/mol. The molecule has 0 amide bonds. The summed E-state index contributed by atoms with van der Waals surface area (Å²) in [7, 11) is 0. The number of halogens is 1. The molecule has 7 nitrogen and oxygen atoms in total. The number of aromatic amines is 1. The maximum absolute atomic E-state index is 10.7. The molecule has 0 saturated carbocycles. The van der Waals surface area contributed by atoms with Gasteiger partial charge in [-0.3, -0.25) is 4.90 Å². The zero-order valence-electron chi connectivity index (χ0n) is 16.4. The molecule has 5 rings (SSSR count). The van der Waals surface area contributed by atoms with E-state index in [0.717, 1.165) is 59.4 Å². The van der Waals surface area contributed by atoms with Crippen molar-refractivity contribution in [1.82, 2.24) is 15.2 Å².